The van der Waals surface area contributed by atoms with E-state index in [1.165, 1.54) is 36.4 Å². The number of benzene rings is 7. The first kappa shape index (κ1) is 77.2. The van der Waals surface area contributed by atoms with Crippen molar-refractivity contribution in [2.45, 2.75) is 29.4 Å². The molecule has 0 radical (unpaired) electrons. The number of anilines is 5. The van der Waals surface area contributed by atoms with E-state index < -0.39 is 147 Å². The normalized spacial score (nSPS) is 11.6. The molecule has 39 heteroatoms. The van der Waals surface area contributed by atoms with Gasteiger partial charge in [-0.05, 0) is 103 Å². The molecule has 0 spiro atoms. The van der Waals surface area contributed by atoms with Crippen molar-refractivity contribution in [2.75, 3.05) is 27.0 Å². The van der Waals surface area contributed by atoms with Crippen molar-refractivity contribution < 1.29 is 274 Å². The molecule has 0 aliphatic carbocycles. The predicted octanol–water partition coefficient (Wildman–Crippen LogP) is -16.0. The van der Waals surface area contributed by atoms with Gasteiger partial charge >= 0.3 is 177 Å². The second-order valence-corrected chi connectivity index (χ2v) is 23.6. The minimum absolute atomic E-state index is 0. The van der Waals surface area contributed by atoms with E-state index in [1.54, 1.807) is 0 Å². The van der Waals surface area contributed by atoms with Crippen LogP contribution in [0.4, 0.5) is 28.4 Å². The molecule has 0 aliphatic heterocycles. The van der Waals surface area contributed by atoms with Gasteiger partial charge in [0.1, 0.15) is 60.7 Å². The summed E-state index contributed by atoms with van der Waals surface area (Å²) in [5, 5.41) is 5.41. The molecule has 0 atom stereocenters. The van der Waals surface area contributed by atoms with Crippen molar-refractivity contribution in [3.05, 3.63) is 138 Å². The number of nitrogens with two attached hydrogens (primary N) is 1. The summed E-state index contributed by atoms with van der Waals surface area (Å²) in [5.41, 5.74) is 3.25. The van der Waals surface area contributed by atoms with E-state index in [4.69, 9.17) is 5.73 Å². The summed E-state index contributed by atoms with van der Waals surface area (Å²) < 4.78 is 217. The number of hydrogen-bond donors (Lipinski definition) is 5. The predicted molar refractivity (Wildman–Crippen MR) is 251 cm³/mol. The molecular formula is C42H25N5Na6O22S6. The maximum atomic E-state index is 13.5. The zero-order valence-electron chi connectivity index (χ0n) is 42.5. The van der Waals surface area contributed by atoms with Gasteiger partial charge < -0.3 is 54.3 Å². The molecule has 7 rings (SSSR count). The number of rotatable bonds is 14. The summed E-state index contributed by atoms with van der Waals surface area (Å²) in [6.45, 7) is 0. The number of nitrogens with one attached hydrogen (secondary N) is 4. The van der Waals surface area contributed by atoms with Crippen LogP contribution in [0.2, 0.25) is 0 Å². The molecule has 7 aromatic carbocycles. The Morgan fingerprint density at radius 2 is 0.642 bits per heavy atom. The van der Waals surface area contributed by atoms with Gasteiger partial charge in [-0.3, -0.25) is 19.2 Å². The molecule has 392 valence electrons. The smallest absolute Gasteiger partial charge is 0.744 e. The van der Waals surface area contributed by atoms with E-state index in [1.807, 2.05) is 0 Å². The van der Waals surface area contributed by atoms with Crippen molar-refractivity contribution in [3.63, 3.8) is 0 Å². The van der Waals surface area contributed by atoms with Crippen LogP contribution in [0.25, 0.3) is 21.5 Å². The first-order valence-electron chi connectivity index (χ1n) is 19.8. The maximum Gasteiger partial charge on any atom is 1.00 e. The van der Waals surface area contributed by atoms with Gasteiger partial charge in [-0.25, -0.2) is 50.5 Å². The first-order chi connectivity index (χ1) is 34.5. The summed E-state index contributed by atoms with van der Waals surface area (Å²) >= 11 is 0. The molecule has 0 saturated heterocycles. The zero-order chi connectivity index (χ0) is 55.5. The summed E-state index contributed by atoms with van der Waals surface area (Å²) in [6.07, 6.45) is 0. The molecule has 7 aromatic rings. The third kappa shape index (κ3) is 18.6. The second kappa shape index (κ2) is 29.3. The van der Waals surface area contributed by atoms with Crippen LogP contribution in [0.5, 0.6) is 0 Å². The molecule has 0 bridgehead atoms. The van der Waals surface area contributed by atoms with Crippen molar-refractivity contribution in [1.29, 1.82) is 0 Å². The van der Waals surface area contributed by atoms with E-state index >= 15 is 0 Å². The number of amides is 4. The van der Waals surface area contributed by atoms with Gasteiger partial charge in [0.25, 0.3) is 23.6 Å². The number of carbonyl (C=O) groups excluding carboxylic acids is 4. The molecule has 0 fully saturated rings. The first-order valence-corrected chi connectivity index (χ1v) is 28.3. The molecule has 0 aliphatic rings. The van der Waals surface area contributed by atoms with Crippen molar-refractivity contribution in [1.82, 2.24) is 0 Å². The number of hydrogen-bond acceptors (Lipinski definition) is 23. The van der Waals surface area contributed by atoms with Crippen molar-refractivity contribution >= 4 is 134 Å². The molecule has 6 N–H and O–H groups in total. The van der Waals surface area contributed by atoms with Crippen molar-refractivity contribution in [3.8, 4) is 0 Å². The summed E-state index contributed by atoms with van der Waals surface area (Å²) in [4.78, 5) is 45.8. The Bertz CT molecular complexity index is 4150. The van der Waals surface area contributed by atoms with Crippen LogP contribution < -0.4 is 204 Å². The van der Waals surface area contributed by atoms with E-state index in [0.29, 0.717) is 24.3 Å². The van der Waals surface area contributed by atoms with Gasteiger partial charge in [0.15, 0.2) is 0 Å². The van der Waals surface area contributed by atoms with Crippen LogP contribution >= 0.6 is 0 Å². The third-order valence-electron chi connectivity index (χ3n) is 10.4. The van der Waals surface area contributed by atoms with Crippen LogP contribution in [0, 0.1) is 0 Å². The Hall–Kier alpha value is -1.80. The van der Waals surface area contributed by atoms with Gasteiger partial charge in [0.2, 0.25) is 0 Å². The Labute approximate surface area is 593 Å². The molecule has 0 heterocycles. The molecular weight excluding hydrogens is 1260 g/mol. The van der Waals surface area contributed by atoms with Crippen LogP contribution in [0.3, 0.4) is 0 Å². The fraction of sp³-hybridized carbons (Fsp3) is 0. The molecule has 4 amide bonds. The van der Waals surface area contributed by atoms with Crippen LogP contribution in [0.1, 0.15) is 41.4 Å². The second-order valence-electron chi connectivity index (χ2n) is 15.5. The SMILES string of the molecule is Nc1cc(C(=O)Nc2cccc(C(=O)Nc3ccc(S(=O)(=O)[O-])c4cc(S(=O)(=O)[O-])cc(S(=O)(=O)[O-])c34)c2)cc(C(=O)Nc2cccc(C(=O)Nc3ccc(S(=O)(=O)[O-])c4cc(S(=O)(=O)[O-])cc(S(=O)(=O)[O-])c34)c2)c1.[Na+].[Na+].[Na+].[Na+].[Na+].[Na+]. The average molecular weight is 1280 g/mol. The Morgan fingerprint density at radius 3 is 0.938 bits per heavy atom. The molecule has 0 unspecified atom stereocenters. The summed E-state index contributed by atoms with van der Waals surface area (Å²) in [5.74, 6) is -4.11. The Kier molecular flexibility index (Phi) is 27.9. The Balaban J connectivity index is 0.00000547. The number of fused-ring (bicyclic) bond motifs is 2. The quantitative estimate of drug-likeness (QED) is 0.0383. The van der Waals surface area contributed by atoms with Crippen LogP contribution in [-0.2, 0) is 60.7 Å². The topological polar surface area (TPSA) is 486 Å². The third-order valence-corrected chi connectivity index (χ3v) is 15.6. The van der Waals surface area contributed by atoms with E-state index in [0.717, 1.165) is 42.5 Å². The molecule has 27 nitrogen and oxygen atoms in total. The molecule has 0 aromatic heterocycles. The molecule has 81 heavy (non-hydrogen) atoms. The minimum Gasteiger partial charge on any atom is -0.744 e. The van der Waals surface area contributed by atoms with Gasteiger partial charge in [-0.15, -0.1) is 0 Å². The van der Waals surface area contributed by atoms with Gasteiger partial charge in [0, 0.05) is 60.9 Å². The average Bonchev–Trinajstić information content (AvgIpc) is 3.28. The van der Waals surface area contributed by atoms with E-state index in [-0.39, 0.29) is 229 Å². The standard InChI is InChI=1S/C42H31N5O22S6.6Na/c43-24-12-22(41(50)44-25-5-1-3-20(14-25)39(48)46-31-7-9-33(72(58,59)60)29-16-27(70(52,53)54)18-35(37(29)31)74(64,65)66)11-23(13-24)42(51)45-26-6-2-4-21(15-26)40(49)47-32-8-10-34(73(61,62)63)30-17-28(71(55,56)57)19-36(38(30)32)75(67,68)69;;;;;;/h1-19H,43H2,(H,44,50)(H,45,51)(H,46,48)(H,47,49)(H,52,53,54)(H,55,56,57)(H,58,59,60)(H,61,62,63)(H,64,65,66)(H,67,68,69);;;;;;/q;6*+1/p-6. The largest absolute Gasteiger partial charge is 1.00 e. The van der Waals surface area contributed by atoms with Gasteiger partial charge in [0.05, 0.1) is 40.7 Å². The zero-order valence-corrected chi connectivity index (χ0v) is 59.4. The van der Waals surface area contributed by atoms with Crippen molar-refractivity contribution in [2.24, 2.45) is 0 Å². The minimum atomic E-state index is -5.76. The van der Waals surface area contributed by atoms with Crippen LogP contribution in [0.15, 0.2) is 145 Å². The summed E-state index contributed by atoms with van der Waals surface area (Å²) in [7, 11) is -33.7. The van der Waals surface area contributed by atoms with Gasteiger partial charge in [-0.2, -0.15) is 0 Å². The maximum absolute atomic E-state index is 13.5. The van der Waals surface area contributed by atoms with E-state index in [9.17, 15) is 97.0 Å². The number of nitrogen functional groups attached to an aromatic ring is 1. The Morgan fingerprint density at radius 1 is 0.333 bits per heavy atom. The summed E-state index contributed by atoms with van der Waals surface area (Å²) in [6, 6.07) is 16.3. The van der Waals surface area contributed by atoms with E-state index in [2.05, 4.69) is 21.3 Å². The fourth-order valence-electron chi connectivity index (χ4n) is 7.30. The van der Waals surface area contributed by atoms with Crippen LogP contribution in [-0.4, -0.2) is 101 Å². The fourth-order valence-corrected chi connectivity index (χ4v) is 11.3. The number of carbonyl (C=O) groups is 4. The monoisotopic (exact) mass is 1280 g/mol. The van der Waals surface area contributed by atoms with Gasteiger partial charge in [-0.1, -0.05) is 12.1 Å². The molecule has 0 saturated carbocycles.